The van der Waals surface area contributed by atoms with Crippen LogP contribution in [0.1, 0.15) is 0 Å². The molecule has 0 amide bonds. The molecule has 0 aromatic carbocycles. The lowest BCUT2D eigenvalue weighted by atomic mass is 10.2. The van der Waals surface area contributed by atoms with Gasteiger partial charge in [0, 0.05) is 0 Å². The van der Waals surface area contributed by atoms with Crippen molar-refractivity contribution in [1.82, 2.24) is 0 Å². The Morgan fingerprint density at radius 1 is 1.88 bits per heavy atom. The fourth-order valence-electron chi connectivity index (χ4n) is 0.430. The van der Waals surface area contributed by atoms with Crippen molar-refractivity contribution in [3.63, 3.8) is 0 Å². The topological polar surface area (TPSA) is 29.6 Å². The van der Waals surface area contributed by atoms with E-state index in [9.17, 15) is 4.79 Å². The lowest BCUT2D eigenvalue weighted by molar-refractivity contribution is -0.109. The highest BCUT2D eigenvalue weighted by Gasteiger charge is 2.18. The van der Waals surface area contributed by atoms with Gasteiger partial charge in [0.05, 0.1) is 5.92 Å². The van der Waals surface area contributed by atoms with Crippen LogP contribution in [0, 0.1) is 5.92 Å². The van der Waals surface area contributed by atoms with Crippen molar-refractivity contribution in [2.45, 2.75) is 0 Å². The van der Waals surface area contributed by atoms with Crippen molar-refractivity contribution in [3.8, 4) is 0 Å². The predicted molar refractivity (Wildman–Crippen MR) is 28.9 cm³/mol. The number of aldehydes is 1. The summed E-state index contributed by atoms with van der Waals surface area (Å²) in [5, 5.41) is 0. The molecule has 0 radical (unpaired) electrons. The van der Waals surface area contributed by atoms with Gasteiger partial charge in [-0.3, -0.25) is 0 Å². The third kappa shape index (κ3) is 0.780. The molecule has 0 bridgehead atoms. The number of hydrogen-bond acceptors (Lipinski definition) is 2. The average molecular weight is 110 g/mol. The molecule has 1 aliphatic rings. The maximum Gasteiger partial charge on any atom is 0.152 e. The standard InChI is InChI=1S/C6H6O2/c1-2-5(3-7)6-4-8-6/h2-5H,1H2. The predicted octanol–water partition coefficient (Wildman–Crippen LogP) is 0.859. The molecule has 0 aromatic rings. The molecule has 1 unspecified atom stereocenters. The number of hydrogen-bond donors (Lipinski definition) is 0. The van der Waals surface area contributed by atoms with Gasteiger partial charge in [0.25, 0.3) is 0 Å². The maximum atomic E-state index is 10.0. The van der Waals surface area contributed by atoms with Crippen LogP contribution in [0.5, 0.6) is 0 Å². The lowest BCUT2D eigenvalue weighted by Gasteiger charge is -1.89. The number of rotatable bonds is 3. The molecule has 0 saturated carbocycles. The zero-order valence-corrected chi connectivity index (χ0v) is 4.33. The van der Waals surface area contributed by atoms with Gasteiger partial charge >= 0.3 is 0 Å². The number of allylic oxidation sites excluding steroid dienone is 1. The van der Waals surface area contributed by atoms with E-state index >= 15 is 0 Å². The zero-order chi connectivity index (χ0) is 5.98. The Kier molecular flexibility index (Phi) is 1.16. The average Bonchev–Trinajstić information content (AvgIpc) is 2.53. The van der Waals surface area contributed by atoms with Gasteiger partial charge in [-0.2, -0.15) is 0 Å². The van der Waals surface area contributed by atoms with Gasteiger partial charge in [-0.05, 0) is 0 Å². The molecule has 2 heteroatoms. The molecule has 2 nitrogen and oxygen atoms in total. The number of ether oxygens (including phenoxy) is 1. The highest BCUT2D eigenvalue weighted by atomic mass is 16.5. The fraction of sp³-hybridized carbons (Fsp3) is 0.167. The summed E-state index contributed by atoms with van der Waals surface area (Å²) in [6.45, 7) is 3.44. The van der Waals surface area contributed by atoms with Gasteiger partial charge in [0.2, 0.25) is 0 Å². The van der Waals surface area contributed by atoms with Crippen LogP contribution in [0.25, 0.3) is 0 Å². The van der Waals surface area contributed by atoms with Gasteiger partial charge in [-0.1, -0.05) is 6.08 Å². The van der Waals surface area contributed by atoms with Crippen LogP contribution < -0.4 is 0 Å². The van der Waals surface area contributed by atoms with Crippen LogP contribution in [-0.2, 0) is 9.53 Å². The molecular weight excluding hydrogens is 104 g/mol. The van der Waals surface area contributed by atoms with E-state index in [2.05, 4.69) is 11.3 Å². The van der Waals surface area contributed by atoms with Crippen molar-refractivity contribution in [1.29, 1.82) is 0 Å². The molecule has 0 fully saturated rings. The second-order valence-electron chi connectivity index (χ2n) is 1.54. The largest absolute Gasteiger partial charge is 0.461 e. The molecule has 0 aliphatic carbocycles. The molecule has 1 aliphatic heterocycles. The Bertz CT molecular complexity index is 139. The molecule has 0 spiro atoms. The van der Waals surface area contributed by atoms with Crippen molar-refractivity contribution in [3.05, 3.63) is 24.7 Å². The van der Waals surface area contributed by atoms with Crippen LogP contribution >= 0.6 is 0 Å². The summed E-state index contributed by atoms with van der Waals surface area (Å²) >= 11 is 0. The van der Waals surface area contributed by atoms with Crippen molar-refractivity contribution in [2.24, 2.45) is 5.92 Å². The highest BCUT2D eigenvalue weighted by molar-refractivity contribution is 5.61. The monoisotopic (exact) mass is 110 g/mol. The van der Waals surface area contributed by atoms with Gasteiger partial charge in [-0.15, -0.1) is 6.58 Å². The molecule has 0 saturated heterocycles. The first-order valence-corrected chi connectivity index (χ1v) is 2.33. The van der Waals surface area contributed by atoms with E-state index < -0.39 is 0 Å². The van der Waals surface area contributed by atoms with Crippen molar-refractivity contribution < 1.29 is 9.53 Å². The summed E-state index contributed by atoms with van der Waals surface area (Å²) in [4.78, 5) is 10.0. The van der Waals surface area contributed by atoms with E-state index in [0.717, 1.165) is 12.0 Å². The van der Waals surface area contributed by atoms with Crippen molar-refractivity contribution >= 4 is 6.29 Å². The van der Waals surface area contributed by atoms with E-state index in [0.29, 0.717) is 0 Å². The van der Waals surface area contributed by atoms with Gasteiger partial charge in [0.15, 0.2) is 5.76 Å². The Labute approximate surface area is 47.5 Å². The Morgan fingerprint density at radius 3 is 2.62 bits per heavy atom. The molecule has 1 heterocycles. The normalized spacial score (nSPS) is 17.8. The van der Waals surface area contributed by atoms with Gasteiger partial charge in [0.1, 0.15) is 12.5 Å². The molecule has 1 atom stereocenters. The highest BCUT2D eigenvalue weighted by Crippen LogP contribution is 2.22. The second kappa shape index (κ2) is 1.82. The first-order valence-electron chi connectivity index (χ1n) is 2.33. The van der Waals surface area contributed by atoms with Crippen LogP contribution in [0.15, 0.2) is 24.7 Å². The molecule has 1 rings (SSSR count). The Morgan fingerprint density at radius 2 is 2.50 bits per heavy atom. The third-order valence-electron chi connectivity index (χ3n) is 0.983. The summed E-state index contributed by atoms with van der Waals surface area (Å²) in [6, 6.07) is 0. The molecule has 0 N–H and O–H groups in total. The smallest absolute Gasteiger partial charge is 0.152 e. The van der Waals surface area contributed by atoms with Crippen LogP contribution in [0.4, 0.5) is 0 Å². The van der Waals surface area contributed by atoms with Crippen LogP contribution in [-0.4, -0.2) is 6.29 Å². The SMILES string of the molecule is C=CC(C=O)C1=CO1. The summed E-state index contributed by atoms with van der Waals surface area (Å²) in [5.74, 6) is 0.505. The fourth-order valence-corrected chi connectivity index (χ4v) is 0.430. The van der Waals surface area contributed by atoms with E-state index in [1.54, 1.807) is 12.3 Å². The minimum absolute atomic E-state index is 0.213. The molecule has 0 aromatic heterocycles. The minimum Gasteiger partial charge on any atom is -0.461 e. The minimum atomic E-state index is -0.213. The van der Waals surface area contributed by atoms with E-state index in [1.807, 2.05) is 0 Å². The summed E-state index contributed by atoms with van der Waals surface area (Å²) in [6.07, 6.45) is 3.89. The Hall–Kier alpha value is -1.05. The van der Waals surface area contributed by atoms with Gasteiger partial charge in [-0.25, -0.2) is 0 Å². The molecular formula is C6H6O2. The van der Waals surface area contributed by atoms with Crippen LogP contribution in [0.2, 0.25) is 0 Å². The quantitative estimate of drug-likeness (QED) is 0.398. The summed E-state index contributed by atoms with van der Waals surface area (Å²) < 4.78 is 4.64. The zero-order valence-electron chi connectivity index (χ0n) is 4.33. The lowest BCUT2D eigenvalue weighted by Crippen LogP contribution is -1.93. The van der Waals surface area contributed by atoms with E-state index in [4.69, 9.17) is 0 Å². The van der Waals surface area contributed by atoms with E-state index in [-0.39, 0.29) is 5.92 Å². The van der Waals surface area contributed by atoms with Gasteiger partial charge < -0.3 is 9.53 Å². The summed E-state index contributed by atoms with van der Waals surface area (Å²) in [5.41, 5.74) is 0. The van der Waals surface area contributed by atoms with Crippen molar-refractivity contribution in [2.75, 3.05) is 0 Å². The molecule has 42 valence electrons. The summed E-state index contributed by atoms with van der Waals surface area (Å²) in [7, 11) is 0. The number of carbonyl (C=O) groups excluding carboxylic acids is 1. The van der Waals surface area contributed by atoms with E-state index in [1.165, 1.54) is 0 Å². The molecule has 8 heavy (non-hydrogen) atoms. The second-order valence-corrected chi connectivity index (χ2v) is 1.54. The van der Waals surface area contributed by atoms with Crippen LogP contribution in [0.3, 0.4) is 0 Å². The first kappa shape index (κ1) is 5.09. The number of carbonyl (C=O) groups is 1. The first-order chi connectivity index (χ1) is 3.88. The third-order valence-corrected chi connectivity index (χ3v) is 0.983. The maximum absolute atomic E-state index is 10.0. The Balaban J connectivity index is 2.49.